The average molecular weight is 1700 g/mol. The zero-order chi connectivity index (χ0) is 87.0. The van der Waals surface area contributed by atoms with Crippen molar-refractivity contribution in [3.63, 3.8) is 0 Å². The highest BCUT2D eigenvalue weighted by Crippen LogP contribution is 2.61. The Morgan fingerprint density at radius 2 is 0.175 bits per heavy atom. The van der Waals surface area contributed by atoms with E-state index in [4.69, 9.17) is 0 Å². The molecule has 0 saturated carbocycles. The van der Waals surface area contributed by atoms with Crippen molar-refractivity contribution in [3.8, 4) is 0 Å². The van der Waals surface area contributed by atoms with Gasteiger partial charge in [0.05, 0.1) is 0 Å². The summed E-state index contributed by atoms with van der Waals surface area (Å²) in [6.07, 6.45) is 107. The summed E-state index contributed by atoms with van der Waals surface area (Å²) < 4.78 is 0. The van der Waals surface area contributed by atoms with Crippen molar-refractivity contribution in [1.29, 1.82) is 0 Å². The van der Waals surface area contributed by atoms with E-state index in [0.29, 0.717) is 0 Å². The van der Waals surface area contributed by atoms with Crippen molar-refractivity contribution in [2.24, 2.45) is 0 Å². The minimum Gasteiger partial charge on any atom is -0.0654 e. The Labute approximate surface area is 772 Å². The number of hydrogen-bond acceptors (Lipinski definition) is 0. The third kappa shape index (κ3) is 26.9. The Bertz CT molecular complexity index is 4070. The normalized spacial score (nSPS) is 12.6. The van der Waals surface area contributed by atoms with Gasteiger partial charge >= 0.3 is 0 Å². The molecule has 13 aromatic carbocycles. The number of rotatable bonds is 78. The van der Waals surface area contributed by atoms with E-state index in [1.165, 1.54) is 501 Å². The highest BCUT2D eigenvalue weighted by Gasteiger charge is 2.33. The van der Waals surface area contributed by atoms with Gasteiger partial charge < -0.3 is 0 Å². The summed E-state index contributed by atoms with van der Waals surface area (Å²) in [5, 5.41) is 38.1. The van der Waals surface area contributed by atoms with Gasteiger partial charge in [-0.05, 0) is 240 Å². The number of aryl methyl sites for hydroxylation is 6. The Balaban J connectivity index is 0.961. The summed E-state index contributed by atoms with van der Waals surface area (Å²) in [7, 11) is 0. The molecule has 0 aromatic heterocycles. The molecule has 0 unspecified atom stereocenters. The van der Waals surface area contributed by atoms with Gasteiger partial charge in [-0.25, -0.2) is 0 Å². The van der Waals surface area contributed by atoms with E-state index in [9.17, 15) is 0 Å². The second-order valence-corrected chi connectivity index (χ2v) is 42.5. The smallest absolute Gasteiger partial charge is 0.0000472 e. The van der Waals surface area contributed by atoms with Gasteiger partial charge in [-0.1, -0.05) is 538 Å². The van der Waals surface area contributed by atoms with E-state index in [-0.39, 0.29) is 0 Å². The maximum Gasteiger partial charge on any atom is -0.0000472 e. The summed E-state index contributed by atoms with van der Waals surface area (Å²) in [6.45, 7) is 14.1. The fourth-order valence-corrected chi connectivity index (χ4v) is 24.5. The van der Waals surface area contributed by atoms with Crippen molar-refractivity contribution < 1.29 is 0 Å². The first-order valence-electron chi connectivity index (χ1n) is 56.8. The molecule has 0 aliphatic heterocycles. The molecule has 0 N–H and O–H groups in total. The van der Waals surface area contributed by atoms with E-state index < -0.39 is 0 Å². The third-order valence-electron chi connectivity index (χ3n) is 31.8. The lowest BCUT2D eigenvalue weighted by Crippen LogP contribution is -2.03. The van der Waals surface area contributed by atoms with Crippen LogP contribution in [0.4, 0.5) is 0 Å². The molecule has 0 heterocycles. The maximum absolute atomic E-state index is 2.84. The van der Waals surface area contributed by atoms with Crippen molar-refractivity contribution in [1.82, 2.24) is 0 Å². The van der Waals surface area contributed by atoms with E-state index in [1.54, 1.807) is 163 Å². The molecular formula is C126H186. The predicted molar refractivity (Wildman–Crippen MR) is 572 cm³/mol. The van der Waals surface area contributed by atoms with E-state index >= 15 is 0 Å². The van der Waals surface area contributed by atoms with Crippen LogP contribution in [-0.2, 0) is 38.5 Å². The lowest BCUT2D eigenvalue weighted by molar-refractivity contribution is 0.544. The molecule has 0 atom stereocenters. The van der Waals surface area contributed by atoms with Crippen molar-refractivity contribution in [3.05, 3.63) is 106 Å². The highest BCUT2D eigenvalue weighted by molar-refractivity contribution is 6.61. The molecule has 0 heteroatoms. The molecule has 0 aliphatic rings. The average Bonchev–Trinajstić information content (AvgIpc) is 0.641. The van der Waals surface area contributed by atoms with Crippen LogP contribution in [0.1, 0.15) is 537 Å². The molecule has 0 amide bonds. The molecule has 0 fully saturated rings. The molecule has 0 spiro atoms. The van der Waals surface area contributed by atoms with Crippen molar-refractivity contribution in [2.45, 2.75) is 542 Å². The van der Waals surface area contributed by atoms with Crippen molar-refractivity contribution >= 4 is 129 Å². The summed E-state index contributed by atoms with van der Waals surface area (Å²) in [5.41, 5.74) is 9.54. The molecule has 0 bridgehead atoms. The topological polar surface area (TPSA) is 0 Å². The summed E-state index contributed by atoms with van der Waals surface area (Å²) in [6, 6.07) is 34.0. The minimum absolute atomic E-state index is 1.17. The third-order valence-corrected chi connectivity index (χ3v) is 31.8. The number of hydrogen-bond donors (Lipinski definition) is 0. The van der Waals surface area contributed by atoms with Crippen LogP contribution in [0.3, 0.4) is 0 Å². The number of benzene rings is 13. The molecule has 690 valence electrons. The molecule has 0 nitrogen and oxygen atoms in total. The van der Waals surface area contributed by atoms with Gasteiger partial charge in [0.1, 0.15) is 0 Å². The van der Waals surface area contributed by atoms with Crippen LogP contribution in [0, 0.1) is 0 Å². The van der Waals surface area contributed by atoms with E-state index in [2.05, 4.69) is 114 Å². The van der Waals surface area contributed by atoms with Crippen LogP contribution >= 0.6 is 0 Å². The van der Waals surface area contributed by atoms with Crippen LogP contribution in [-0.4, -0.2) is 0 Å². The van der Waals surface area contributed by atoms with Gasteiger partial charge in [0, 0.05) is 0 Å². The first-order valence-corrected chi connectivity index (χ1v) is 56.8. The van der Waals surface area contributed by atoms with Gasteiger partial charge in [0.2, 0.25) is 0 Å². The predicted octanol–water partition coefficient (Wildman–Crippen LogP) is 43.6. The lowest BCUT2D eigenvalue weighted by Gasteiger charge is -2.30. The zero-order valence-electron chi connectivity index (χ0n) is 83.1. The monoisotopic (exact) mass is 1700 g/mol. The molecular weight excluding hydrogens is 1510 g/mol. The van der Waals surface area contributed by atoms with Crippen LogP contribution in [0.15, 0.2) is 72.8 Å². The second kappa shape index (κ2) is 55.1. The summed E-state index contributed by atoms with van der Waals surface area (Å²) in [4.78, 5) is 0. The van der Waals surface area contributed by atoms with Gasteiger partial charge in [-0.3, -0.25) is 0 Å². The molecule has 0 radical (unpaired) electrons. The van der Waals surface area contributed by atoms with Gasteiger partial charge in [0.15, 0.2) is 0 Å². The Morgan fingerprint density at radius 3 is 0.262 bits per heavy atom. The molecule has 13 rings (SSSR count). The maximum atomic E-state index is 2.84. The standard InChI is InChI=1S/C126H186/c1-7-13-19-25-31-37-43-49-55-61-67-73-79-97-85-103-105-87-98(80-74-68-62-56-50-44-38-32-26-20-14-8-2)89-107-109-91-100(82-76-70-64-58-52-46-40-34-28-22-16-10-4)93-111-113-95-102(84-78-72-66-60-54-48-42-36-30-24-18-12-6)96-114-112-94-101(83-77-71-65-59-53-47-41-35-29-23-17-11-5)92-110-108-90-99(81-75-69-63-57-51-45-39-33-27-21-15-9-3)88-106-104(86-97)115(103)121-122(116(105)107)124(118(109)111)126(120(113)114)125(119(110)112)123(121)117(106)108/h85-96H,7-84H2,1-6H3. The highest BCUT2D eigenvalue weighted by atomic mass is 14.4. The number of unbranched alkanes of at least 4 members (excludes halogenated alkanes) is 66. The molecule has 0 saturated heterocycles. The van der Waals surface area contributed by atoms with Gasteiger partial charge in [-0.2, -0.15) is 0 Å². The van der Waals surface area contributed by atoms with Crippen molar-refractivity contribution in [2.75, 3.05) is 0 Å². The Kier molecular flexibility index (Phi) is 42.9. The van der Waals surface area contributed by atoms with Crippen LogP contribution < -0.4 is 0 Å². The first kappa shape index (κ1) is 98.1. The minimum atomic E-state index is 1.17. The molecule has 126 heavy (non-hydrogen) atoms. The molecule has 0 aliphatic carbocycles. The Hall–Kier alpha value is -5.46. The first-order chi connectivity index (χ1) is 62.5. The SMILES string of the molecule is CCCCCCCCCCCCCCc1cc2c3cc(CCCCCCCCCCCCCC)cc4c5cc(CCCCCCCCCCCCCC)cc6c7cc(CCCCCCCCCCCCCC)cc8c9cc(CCCCCCCCCCCCCC)cc%10c%11cc(CCCCCCCCCCCCCC)cc%12c(c1)c2c1c(c34)c(c56)c(c78)c(c%109)c1c%12%11. The fraction of sp³-hybridized carbons (Fsp3) is 0.667. The Morgan fingerprint density at radius 1 is 0.0952 bits per heavy atom. The van der Waals surface area contributed by atoms with E-state index in [1.807, 2.05) is 0 Å². The second-order valence-electron chi connectivity index (χ2n) is 42.5. The lowest BCUT2D eigenvalue weighted by atomic mass is 9.72. The van der Waals surface area contributed by atoms with Crippen LogP contribution in [0.5, 0.6) is 0 Å². The van der Waals surface area contributed by atoms with Gasteiger partial charge in [0.25, 0.3) is 0 Å². The van der Waals surface area contributed by atoms with Crippen LogP contribution in [0.25, 0.3) is 129 Å². The van der Waals surface area contributed by atoms with Crippen LogP contribution in [0.2, 0.25) is 0 Å². The fourth-order valence-electron chi connectivity index (χ4n) is 24.5. The van der Waals surface area contributed by atoms with E-state index in [0.717, 1.165) is 0 Å². The van der Waals surface area contributed by atoms with Gasteiger partial charge in [-0.15, -0.1) is 0 Å². The summed E-state index contributed by atoms with van der Waals surface area (Å²) in [5.74, 6) is 0. The quantitative estimate of drug-likeness (QED) is 0.0202. The zero-order valence-corrected chi connectivity index (χ0v) is 83.1. The summed E-state index contributed by atoms with van der Waals surface area (Å²) >= 11 is 0. The largest absolute Gasteiger partial charge is 0.0654 e. The molecule has 13 aromatic rings. The number of fused-ring (bicyclic) bond motifs is 6.